The molecule has 2 aromatic carbocycles. The van der Waals surface area contributed by atoms with Gasteiger partial charge in [0.1, 0.15) is 0 Å². The Balaban J connectivity index is 1.36. The van der Waals surface area contributed by atoms with E-state index in [0.717, 1.165) is 33.9 Å². The number of hydrogen-bond donors (Lipinski definition) is 3. The number of aryl methyl sites for hydroxylation is 1. The van der Waals surface area contributed by atoms with Crippen molar-refractivity contribution in [1.29, 1.82) is 0 Å². The number of amides is 2. The number of urea groups is 1. The standard InChI is InChI=1S/C24H24ClN3O3S/c1-14-2-9-18(25)12-20(14)28-24(31)27-19-10-7-15(8-11-19)21-13-26-22(32-21)16-3-5-17(6-4-16)23(29)30/h2,7-13,16-17H,3-6H2,1H3,(H,29,30)(H2,27,28,31). The van der Waals surface area contributed by atoms with Crippen molar-refractivity contribution in [2.24, 2.45) is 5.92 Å². The smallest absolute Gasteiger partial charge is 0.323 e. The van der Waals surface area contributed by atoms with Gasteiger partial charge in [-0.1, -0.05) is 29.8 Å². The number of nitrogens with zero attached hydrogens (tertiary/aromatic N) is 1. The summed E-state index contributed by atoms with van der Waals surface area (Å²) in [5, 5.41) is 16.5. The van der Waals surface area contributed by atoms with Crippen LogP contribution >= 0.6 is 22.9 Å². The molecule has 1 aliphatic rings. The van der Waals surface area contributed by atoms with E-state index in [-0.39, 0.29) is 11.9 Å². The second kappa shape index (κ2) is 9.71. The van der Waals surface area contributed by atoms with Gasteiger partial charge in [-0.3, -0.25) is 4.79 Å². The zero-order chi connectivity index (χ0) is 22.7. The molecule has 2 amide bonds. The quantitative estimate of drug-likeness (QED) is 0.384. The molecule has 0 spiro atoms. The number of halogens is 1. The molecule has 0 radical (unpaired) electrons. The predicted molar refractivity (Wildman–Crippen MR) is 129 cm³/mol. The Labute approximate surface area is 195 Å². The Bertz CT molecular complexity index is 1120. The summed E-state index contributed by atoms with van der Waals surface area (Å²) in [6.07, 6.45) is 5.04. The fourth-order valence-corrected chi connectivity index (χ4v) is 5.19. The van der Waals surface area contributed by atoms with E-state index in [1.165, 1.54) is 0 Å². The first-order valence-corrected chi connectivity index (χ1v) is 11.7. The van der Waals surface area contributed by atoms with Gasteiger partial charge < -0.3 is 15.7 Å². The Hall–Kier alpha value is -2.90. The summed E-state index contributed by atoms with van der Waals surface area (Å²) in [5.41, 5.74) is 3.31. The van der Waals surface area contributed by atoms with E-state index in [9.17, 15) is 14.7 Å². The third-order valence-corrected chi connectivity index (χ3v) is 7.27. The molecule has 1 saturated carbocycles. The van der Waals surface area contributed by atoms with E-state index in [0.29, 0.717) is 35.2 Å². The fourth-order valence-electron chi connectivity index (χ4n) is 3.93. The largest absolute Gasteiger partial charge is 0.481 e. The highest BCUT2D eigenvalue weighted by molar-refractivity contribution is 7.15. The van der Waals surface area contributed by atoms with Gasteiger partial charge in [-0.15, -0.1) is 11.3 Å². The Kier molecular flexibility index (Phi) is 6.77. The minimum Gasteiger partial charge on any atom is -0.481 e. The van der Waals surface area contributed by atoms with Crippen LogP contribution in [0.1, 0.15) is 42.2 Å². The van der Waals surface area contributed by atoms with Crippen molar-refractivity contribution in [1.82, 2.24) is 4.98 Å². The monoisotopic (exact) mass is 469 g/mol. The molecule has 8 heteroatoms. The summed E-state index contributed by atoms with van der Waals surface area (Å²) >= 11 is 7.66. The molecular weight excluding hydrogens is 446 g/mol. The van der Waals surface area contributed by atoms with Gasteiger partial charge in [-0.05, 0) is 68.0 Å². The predicted octanol–water partition coefficient (Wildman–Crippen LogP) is 6.77. The molecule has 0 atom stereocenters. The number of thiazole rings is 1. The lowest BCUT2D eigenvalue weighted by Crippen LogP contribution is -2.20. The number of carbonyl (C=O) groups excluding carboxylic acids is 1. The first-order valence-electron chi connectivity index (χ1n) is 10.5. The lowest BCUT2D eigenvalue weighted by molar-refractivity contribution is -0.142. The zero-order valence-corrected chi connectivity index (χ0v) is 19.2. The van der Waals surface area contributed by atoms with Crippen LogP contribution in [0.2, 0.25) is 5.02 Å². The molecule has 6 nitrogen and oxygen atoms in total. The van der Waals surface area contributed by atoms with Crippen molar-refractivity contribution in [2.45, 2.75) is 38.5 Å². The molecule has 3 N–H and O–H groups in total. The number of carboxylic acids is 1. The highest BCUT2D eigenvalue weighted by atomic mass is 35.5. The van der Waals surface area contributed by atoms with E-state index in [2.05, 4.69) is 15.6 Å². The molecular formula is C24H24ClN3O3S. The Morgan fingerprint density at radius 3 is 2.47 bits per heavy atom. The van der Waals surface area contributed by atoms with Gasteiger partial charge in [-0.25, -0.2) is 9.78 Å². The topological polar surface area (TPSA) is 91.3 Å². The maximum absolute atomic E-state index is 12.3. The highest BCUT2D eigenvalue weighted by Gasteiger charge is 2.28. The third kappa shape index (κ3) is 5.29. The first kappa shape index (κ1) is 22.3. The zero-order valence-electron chi connectivity index (χ0n) is 17.6. The average Bonchev–Trinajstić information content (AvgIpc) is 3.27. The number of aromatic nitrogens is 1. The van der Waals surface area contributed by atoms with E-state index in [1.807, 2.05) is 43.5 Å². The first-order chi connectivity index (χ1) is 15.4. The minimum atomic E-state index is -0.687. The Morgan fingerprint density at radius 1 is 1.06 bits per heavy atom. The van der Waals surface area contributed by atoms with Crippen molar-refractivity contribution in [3.8, 4) is 10.4 Å². The number of nitrogens with one attached hydrogen (secondary N) is 2. The molecule has 32 heavy (non-hydrogen) atoms. The minimum absolute atomic E-state index is 0.217. The number of anilines is 2. The molecule has 0 unspecified atom stereocenters. The normalized spacial score (nSPS) is 18.2. The van der Waals surface area contributed by atoms with Crippen LogP contribution in [-0.4, -0.2) is 22.1 Å². The van der Waals surface area contributed by atoms with Crippen LogP contribution in [0.15, 0.2) is 48.7 Å². The Morgan fingerprint density at radius 2 is 1.78 bits per heavy atom. The number of hydrogen-bond acceptors (Lipinski definition) is 4. The summed E-state index contributed by atoms with van der Waals surface area (Å²) in [6.45, 7) is 1.90. The van der Waals surface area contributed by atoms with Crippen LogP contribution < -0.4 is 10.6 Å². The van der Waals surface area contributed by atoms with Gasteiger partial charge in [-0.2, -0.15) is 0 Å². The number of rotatable bonds is 5. The lowest BCUT2D eigenvalue weighted by Gasteiger charge is -2.24. The average molecular weight is 470 g/mol. The number of carbonyl (C=O) groups is 2. The maximum Gasteiger partial charge on any atom is 0.323 e. The fraction of sp³-hybridized carbons (Fsp3) is 0.292. The van der Waals surface area contributed by atoms with Gasteiger partial charge in [0, 0.05) is 28.5 Å². The van der Waals surface area contributed by atoms with Crippen LogP contribution in [0.3, 0.4) is 0 Å². The summed E-state index contributed by atoms with van der Waals surface area (Å²) in [4.78, 5) is 29.1. The summed E-state index contributed by atoms with van der Waals surface area (Å²) in [6, 6.07) is 12.7. The van der Waals surface area contributed by atoms with Gasteiger partial charge in [0.05, 0.1) is 15.8 Å². The van der Waals surface area contributed by atoms with Crippen molar-refractivity contribution in [2.75, 3.05) is 10.6 Å². The van der Waals surface area contributed by atoms with E-state index < -0.39 is 5.97 Å². The van der Waals surface area contributed by atoms with Crippen LogP contribution in [0.25, 0.3) is 10.4 Å². The number of carboxylic acid groups (broad SMARTS) is 1. The molecule has 1 aliphatic carbocycles. The molecule has 4 rings (SSSR count). The molecule has 3 aromatic rings. The molecule has 1 aromatic heterocycles. The van der Waals surface area contributed by atoms with Crippen LogP contribution in [-0.2, 0) is 4.79 Å². The summed E-state index contributed by atoms with van der Waals surface area (Å²) in [7, 11) is 0. The second-order valence-corrected chi connectivity index (χ2v) is 9.56. The summed E-state index contributed by atoms with van der Waals surface area (Å²) in [5.74, 6) is -0.567. The highest BCUT2D eigenvalue weighted by Crippen LogP contribution is 2.39. The van der Waals surface area contributed by atoms with Crippen molar-refractivity contribution in [3.63, 3.8) is 0 Å². The van der Waals surface area contributed by atoms with Crippen LogP contribution in [0.5, 0.6) is 0 Å². The van der Waals surface area contributed by atoms with Gasteiger partial charge >= 0.3 is 12.0 Å². The van der Waals surface area contributed by atoms with Crippen molar-refractivity contribution >= 4 is 46.3 Å². The number of aliphatic carboxylic acids is 1. The van der Waals surface area contributed by atoms with Crippen molar-refractivity contribution in [3.05, 3.63) is 64.3 Å². The van der Waals surface area contributed by atoms with E-state index in [1.54, 1.807) is 23.5 Å². The maximum atomic E-state index is 12.3. The van der Waals surface area contributed by atoms with E-state index in [4.69, 9.17) is 11.6 Å². The number of benzene rings is 2. The third-order valence-electron chi connectivity index (χ3n) is 5.82. The summed E-state index contributed by atoms with van der Waals surface area (Å²) < 4.78 is 0. The van der Waals surface area contributed by atoms with Gasteiger partial charge in [0.15, 0.2) is 0 Å². The van der Waals surface area contributed by atoms with Crippen molar-refractivity contribution < 1.29 is 14.7 Å². The van der Waals surface area contributed by atoms with Crippen LogP contribution in [0, 0.1) is 12.8 Å². The van der Waals surface area contributed by atoms with Gasteiger partial charge in [0.25, 0.3) is 0 Å². The SMILES string of the molecule is Cc1ccc(Cl)cc1NC(=O)Nc1ccc(-c2cnc(C3CCC(C(=O)O)CC3)s2)cc1. The van der Waals surface area contributed by atoms with Crippen LogP contribution in [0.4, 0.5) is 16.2 Å². The molecule has 0 aliphatic heterocycles. The molecule has 1 fully saturated rings. The van der Waals surface area contributed by atoms with E-state index >= 15 is 0 Å². The molecule has 0 saturated heterocycles. The molecule has 1 heterocycles. The second-order valence-electron chi connectivity index (χ2n) is 8.07. The van der Waals surface area contributed by atoms with Gasteiger partial charge in [0.2, 0.25) is 0 Å². The molecule has 166 valence electrons. The molecule has 0 bridgehead atoms. The lowest BCUT2D eigenvalue weighted by atomic mass is 9.82.